The van der Waals surface area contributed by atoms with E-state index in [2.05, 4.69) is 91.3 Å². The number of aromatic amines is 2. The van der Waals surface area contributed by atoms with Crippen molar-refractivity contribution in [2.24, 2.45) is 56.2 Å². The minimum absolute atomic E-state index is 0.00785. The van der Waals surface area contributed by atoms with Gasteiger partial charge in [-0.2, -0.15) is 0 Å². The Labute approximate surface area is 509 Å². The summed E-state index contributed by atoms with van der Waals surface area (Å²) in [6.45, 7) is 17.9. The number of ether oxygens (including phenoxy) is 2. The Kier molecular flexibility index (Phi) is 13.5. The van der Waals surface area contributed by atoms with Crippen molar-refractivity contribution in [1.82, 2.24) is 19.9 Å². The average molecular weight is 1180 g/mol. The van der Waals surface area contributed by atoms with E-state index in [1.54, 1.807) is 0 Å². The molecule has 15 rings (SSSR count). The highest BCUT2D eigenvalue weighted by Crippen LogP contribution is 2.84. The Bertz CT molecular complexity index is 3460. The molecular formula is C73H98N4O9. The molecule has 1 spiro atoms. The number of carbonyl (C=O) groups excluding carboxylic acids is 3. The van der Waals surface area contributed by atoms with Crippen LogP contribution in [-0.2, 0) is 48.8 Å². The minimum Gasteiger partial charge on any atom is -0.396 e. The molecule has 13 nitrogen and oxygen atoms in total. The summed E-state index contributed by atoms with van der Waals surface area (Å²) in [4.78, 5) is 55.7. The molecule has 11 aliphatic rings. The van der Waals surface area contributed by atoms with E-state index in [1.807, 2.05) is 20.9 Å². The van der Waals surface area contributed by atoms with Crippen LogP contribution >= 0.6 is 0 Å². The van der Waals surface area contributed by atoms with Crippen LogP contribution in [0.5, 0.6) is 0 Å². The summed E-state index contributed by atoms with van der Waals surface area (Å²) in [6, 6.07) is 6.87. The van der Waals surface area contributed by atoms with Crippen LogP contribution in [0.1, 0.15) is 232 Å². The molecule has 6 heterocycles. The topological polar surface area (TPSA) is 202 Å². The van der Waals surface area contributed by atoms with Crippen LogP contribution in [0.15, 0.2) is 47.9 Å². The number of ketones is 3. The molecule has 464 valence electrons. The number of nitrogens with one attached hydrogen (secondary N) is 3. The second kappa shape index (κ2) is 19.9. The molecular weight excluding hydrogens is 1080 g/mol. The minimum atomic E-state index is -1.11. The Morgan fingerprint density at radius 3 is 2.40 bits per heavy atom. The molecule has 1 aromatic carbocycles. The molecule has 7 fully saturated rings. The van der Waals surface area contributed by atoms with Crippen LogP contribution in [-0.4, -0.2) is 110 Å². The number of aryl methyl sites for hydroxylation is 1. The van der Waals surface area contributed by atoms with Crippen molar-refractivity contribution >= 4 is 28.4 Å². The van der Waals surface area contributed by atoms with Crippen molar-refractivity contribution in [3.05, 3.63) is 92.6 Å². The van der Waals surface area contributed by atoms with Crippen molar-refractivity contribution in [3.8, 4) is 0 Å². The molecule has 4 aromatic rings. The number of Topliss-reactive ketones (excluding diaryl/α,β-unsaturated/α-hetero) is 3. The number of hydrogen-bond donors (Lipinski definition) is 7. The molecule has 8 aliphatic carbocycles. The zero-order chi connectivity index (χ0) is 60.0. The standard InChI is InChI=1S/C73H98N4O9/c1-66(2)65(86-66)52(80)35-67(3)20-16-43-37-76-59-48(54-47-32-44(40-13-10-9-11-14-40)33-50(73(84)24-29-85-30-25-73)46(47)31-41(61(54)81)15-12-28-78)38-77(60(43)59)39-49-55-57(67)51(79)36-70(55,6)69(5)21-18-53-68(4,23-27-74-8)64(83)56-45-19-26-75-58(45)42-17-22-72(56,34-42)71(53,7)63(69)62(49)82/h19,26,32-33,37-38,40-42,49,52-54,56,62-63,65,74-76,78,80,82,84H,9-18,20-25,27-31,34-36,39H2,1-8H3. The van der Waals surface area contributed by atoms with Gasteiger partial charge in [-0.05, 0) is 208 Å². The van der Waals surface area contributed by atoms with E-state index in [9.17, 15) is 20.4 Å². The number of H-pyrrole nitrogens is 2. The van der Waals surface area contributed by atoms with E-state index in [-0.39, 0.29) is 47.9 Å². The van der Waals surface area contributed by atoms with Gasteiger partial charge >= 0.3 is 0 Å². The first kappa shape index (κ1) is 58.2. The largest absolute Gasteiger partial charge is 0.396 e. The molecule has 2 saturated heterocycles. The van der Waals surface area contributed by atoms with Gasteiger partial charge in [0.25, 0.3) is 0 Å². The molecule has 16 unspecified atom stereocenters. The fraction of sp³-hybridized carbons (Fsp3) is 0.712. The van der Waals surface area contributed by atoms with Crippen molar-refractivity contribution in [3.63, 3.8) is 0 Å². The first-order valence-corrected chi connectivity index (χ1v) is 34.0. The second-order valence-corrected chi connectivity index (χ2v) is 32.1. The number of aromatic nitrogens is 3. The quantitative estimate of drug-likeness (QED) is 0.0669. The highest BCUT2D eigenvalue weighted by Gasteiger charge is 2.80. The molecule has 86 heavy (non-hydrogen) atoms. The first-order chi connectivity index (χ1) is 41.0. The number of epoxide rings is 1. The maximum Gasteiger partial charge on any atom is 0.160 e. The van der Waals surface area contributed by atoms with Crippen LogP contribution < -0.4 is 5.32 Å². The molecule has 2 bridgehead atoms. The maximum absolute atomic E-state index is 16.1. The van der Waals surface area contributed by atoms with E-state index in [1.165, 1.54) is 17.7 Å². The summed E-state index contributed by atoms with van der Waals surface area (Å²) in [6.07, 6.45) is 19.5. The second-order valence-electron chi connectivity index (χ2n) is 32.1. The van der Waals surface area contributed by atoms with Crippen molar-refractivity contribution < 1.29 is 44.3 Å². The smallest absolute Gasteiger partial charge is 0.160 e. The van der Waals surface area contributed by atoms with Crippen molar-refractivity contribution in [2.75, 3.05) is 33.4 Å². The number of benzene rings is 1. The van der Waals surface area contributed by atoms with E-state index >= 15 is 14.4 Å². The third-order valence-corrected chi connectivity index (χ3v) is 27.7. The van der Waals surface area contributed by atoms with Gasteiger partial charge in [-0.25, -0.2) is 0 Å². The van der Waals surface area contributed by atoms with Gasteiger partial charge in [0.15, 0.2) is 5.78 Å². The Morgan fingerprint density at radius 1 is 0.895 bits per heavy atom. The summed E-state index contributed by atoms with van der Waals surface area (Å²) < 4.78 is 14.5. The number of rotatable bonds is 12. The maximum atomic E-state index is 16.1. The van der Waals surface area contributed by atoms with E-state index in [0.29, 0.717) is 108 Å². The highest BCUT2D eigenvalue weighted by atomic mass is 16.6. The summed E-state index contributed by atoms with van der Waals surface area (Å²) in [5.74, 6) is -0.899. The molecule has 3 aliphatic heterocycles. The number of allylic oxidation sites excluding steroid dienone is 1. The normalized spacial score (nSPS) is 40.7. The van der Waals surface area contributed by atoms with E-state index in [4.69, 9.17) is 9.47 Å². The third-order valence-electron chi connectivity index (χ3n) is 27.7. The van der Waals surface area contributed by atoms with Gasteiger partial charge < -0.3 is 49.8 Å². The van der Waals surface area contributed by atoms with E-state index in [0.717, 1.165) is 113 Å². The summed E-state index contributed by atoms with van der Waals surface area (Å²) in [5.41, 5.74) is 7.18. The van der Waals surface area contributed by atoms with Crippen LogP contribution in [0.3, 0.4) is 0 Å². The van der Waals surface area contributed by atoms with Crippen LogP contribution in [0.25, 0.3) is 11.0 Å². The van der Waals surface area contributed by atoms with Gasteiger partial charge in [-0.3, -0.25) is 14.4 Å². The number of aliphatic hydroxyl groups is 4. The van der Waals surface area contributed by atoms with Gasteiger partial charge in [0.1, 0.15) is 17.7 Å². The lowest BCUT2D eigenvalue weighted by Gasteiger charge is -2.76. The predicted molar refractivity (Wildman–Crippen MR) is 330 cm³/mol. The lowest BCUT2D eigenvalue weighted by Crippen LogP contribution is -2.74. The number of hydrogen-bond acceptors (Lipinski definition) is 10. The lowest BCUT2D eigenvalue weighted by molar-refractivity contribution is -0.267. The zero-order valence-electron chi connectivity index (χ0n) is 52.8. The Hall–Kier alpha value is -4.21. The van der Waals surface area contributed by atoms with Gasteiger partial charge in [0.05, 0.1) is 46.3 Å². The van der Waals surface area contributed by atoms with Gasteiger partial charge in [-0.15, -0.1) is 0 Å². The first-order valence-electron chi connectivity index (χ1n) is 34.0. The fourth-order valence-corrected chi connectivity index (χ4v) is 23.4. The number of carbonyl (C=O) groups is 3. The lowest BCUT2D eigenvalue weighted by atomic mass is 9.28. The van der Waals surface area contributed by atoms with Gasteiger partial charge in [0, 0.05) is 104 Å². The Morgan fingerprint density at radius 2 is 1.66 bits per heavy atom. The monoisotopic (exact) mass is 1170 g/mol. The van der Waals surface area contributed by atoms with Crippen LogP contribution in [0.4, 0.5) is 0 Å². The fourth-order valence-electron chi connectivity index (χ4n) is 23.4. The highest BCUT2D eigenvalue weighted by molar-refractivity contribution is 6.02. The molecule has 13 heteroatoms. The number of fused-ring (bicyclic) bond motifs is 9. The summed E-state index contributed by atoms with van der Waals surface area (Å²) in [5, 5.41) is 53.9. The predicted octanol–water partition coefficient (Wildman–Crippen LogP) is 11.4. The SMILES string of the molecule is CNCCC1(C)C(=O)C2c3cc[nH]c3C3CCC2(C3)C2(C)C1CCC1(C)C2C(O)C2Cn3cc(C4C(=O)C(CCCO)Cc5c4cc(C4CCCCC4)cc5C4(O)CCOCC4)c4[nH]cc(c43)CCC(C)(CC(O)C3OC3(C)C)C3=C2C1(C)CC3=O. The van der Waals surface area contributed by atoms with Gasteiger partial charge in [0.2, 0.25) is 0 Å². The van der Waals surface area contributed by atoms with Crippen LogP contribution in [0.2, 0.25) is 0 Å². The number of aliphatic hydroxyl groups excluding tert-OH is 3. The summed E-state index contributed by atoms with van der Waals surface area (Å²) >= 11 is 0. The molecule has 16 atom stereocenters. The molecule has 0 radical (unpaired) electrons. The number of nitrogens with zero attached hydrogens (tertiary/aromatic N) is 1. The van der Waals surface area contributed by atoms with Crippen molar-refractivity contribution in [2.45, 2.75) is 237 Å². The van der Waals surface area contributed by atoms with Crippen molar-refractivity contribution in [1.29, 1.82) is 0 Å². The Balaban J connectivity index is 0.946. The molecule has 7 N–H and O–H groups in total. The summed E-state index contributed by atoms with van der Waals surface area (Å²) in [7, 11) is 1.99. The third kappa shape index (κ3) is 7.81. The van der Waals surface area contributed by atoms with E-state index < -0.39 is 67.7 Å². The molecule has 5 saturated carbocycles. The molecule has 0 amide bonds. The van der Waals surface area contributed by atoms with Crippen LogP contribution in [0, 0.1) is 56.2 Å². The van der Waals surface area contributed by atoms with Gasteiger partial charge in [-0.1, -0.05) is 66.0 Å². The molecule has 3 aromatic heterocycles. The average Bonchev–Trinajstić information content (AvgIpc) is 1.18. The zero-order valence-corrected chi connectivity index (χ0v) is 52.8.